The van der Waals surface area contributed by atoms with E-state index in [1.807, 2.05) is 32.9 Å². The molecule has 2 aromatic heterocycles. The number of pyridine rings is 1. The molecule has 67 heavy (non-hydrogen) atoms. The molecule has 344 valence electrons. The van der Waals surface area contributed by atoms with Crippen molar-refractivity contribution in [2.75, 3.05) is 0 Å². The van der Waals surface area contributed by atoms with Gasteiger partial charge in [0.25, 0.3) is 0 Å². The van der Waals surface area contributed by atoms with Crippen LogP contribution < -0.4 is 0 Å². The molecule has 0 aliphatic rings. The quantitative estimate of drug-likeness (QED) is 0.165. The molecule has 6 aromatic carbocycles. The predicted octanol–water partition coefficient (Wildman–Crippen LogP) is 17.3. The van der Waals surface area contributed by atoms with E-state index in [0.29, 0.717) is 28.2 Å². The molecular weight excluding hydrogens is 815 g/mol. The van der Waals surface area contributed by atoms with E-state index in [1.54, 1.807) is 12.3 Å². The average Bonchev–Trinajstić information content (AvgIpc) is 3.69. The molecule has 0 saturated carbocycles. The average molecular weight is 890 g/mol. The van der Waals surface area contributed by atoms with Crippen LogP contribution in [0.5, 0.6) is 5.75 Å². The molecule has 4 heteroatoms. The van der Waals surface area contributed by atoms with Crippen molar-refractivity contribution in [3.8, 4) is 67.5 Å². The van der Waals surface area contributed by atoms with E-state index in [4.69, 9.17) is 15.5 Å². The van der Waals surface area contributed by atoms with Gasteiger partial charge in [0.1, 0.15) is 11.6 Å². The number of phenolic OH excluding ortho intramolecular Hbond substituents is 1. The van der Waals surface area contributed by atoms with Gasteiger partial charge >= 0.3 is 0 Å². The maximum Gasteiger partial charge on any atom is 0.149 e. The third-order valence-corrected chi connectivity index (χ3v) is 13.5. The molecule has 8 rings (SSSR count). The second kappa shape index (κ2) is 17.1. The van der Waals surface area contributed by atoms with Crippen LogP contribution in [-0.2, 0) is 27.1 Å². The number of hydrogen-bond donors (Lipinski definition) is 1. The van der Waals surface area contributed by atoms with Gasteiger partial charge in [-0.05, 0) is 127 Å². The Hall–Kier alpha value is -6.26. The Morgan fingerprint density at radius 1 is 0.507 bits per heavy atom. The van der Waals surface area contributed by atoms with Crippen LogP contribution in [0.3, 0.4) is 0 Å². The smallest absolute Gasteiger partial charge is 0.149 e. The molecule has 4 nitrogen and oxygen atoms in total. The fraction of sp³-hybridized carbons (Fsp3) is 0.333. The molecule has 0 bridgehead atoms. The van der Waals surface area contributed by atoms with Crippen molar-refractivity contribution >= 4 is 11.0 Å². The lowest BCUT2D eigenvalue weighted by molar-refractivity contribution is 0.446. The molecule has 0 radical (unpaired) electrons. The first-order chi connectivity index (χ1) is 33.0. The molecule has 0 aliphatic heterocycles. The normalized spacial score (nSPS) is 13.7. The number of fused-ring (bicyclic) bond motifs is 1. The molecule has 2 heterocycles. The second-order valence-corrected chi connectivity index (χ2v) is 23.2. The van der Waals surface area contributed by atoms with Crippen LogP contribution in [0.4, 0.5) is 0 Å². The zero-order chi connectivity index (χ0) is 51.9. The standard InChI is InChI=1S/C63H71N3O/c1-16-63(14,15)46-29-30-54(50(37-46)41-21-18-17-19-22-41)66-55-24-20-23-49(56(55)65-58(66)51-38-48(61(8,9)10)39-52(57(51)67)62(11,12)13)43-33-44(35-47(34-43)60(5,6)7)53-36-42(31-32-64-53)40-25-27-45(28-26-40)59(2,3)4/h17-39,67H,16H2,1-15H3/i25D,26D,27D,28D. The molecular formula is C63H71N3O. The van der Waals surface area contributed by atoms with Crippen LogP contribution in [0, 0.1) is 0 Å². The Balaban J connectivity index is 1.45. The molecule has 0 unspecified atom stereocenters. The summed E-state index contributed by atoms with van der Waals surface area (Å²) in [6, 6.07) is 38.0. The van der Waals surface area contributed by atoms with E-state index in [2.05, 4.69) is 179 Å². The Morgan fingerprint density at radius 2 is 1.13 bits per heavy atom. The summed E-state index contributed by atoms with van der Waals surface area (Å²) >= 11 is 0. The highest BCUT2D eigenvalue weighted by molar-refractivity contribution is 5.98. The predicted molar refractivity (Wildman–Crippen MR) is 286 cm³/mol. The summed E-state index contributed by atoms with van der Waals surface area (Å²) in [5, 5.41) is 12.6. The summed E-state index contributed by atoms with van der Waals surface area (Å²) in [5.74, 6) is 0.853. The summed E-state index contributed by atoms with van der Waals surface area (Å²) in [5.41, 5.74) is 12.8. The lowest BCUT2D eigenvalue weighted by Crippen LogP contribution is -2.17. The van der Waals surface area contributed by atoms with Gasteiger partial charge in [0.2, 0.25) is 0 Å². The summed E-state index contributed by atoms with van der Waals surface area (Å²) in [7, 11) is 0. The molecule has 8 aromatic rings. The fourth-order valence-corrected chi connectivity index (χ4v) is 8.71. The van der Waals surface area contributed by atoms with Crippen molar-refractivity contribution < 1.29 is 10.6 Å². The maximum absolute atomic E-state index is 12.6. The lowest BCUT2D eigenvalue weighted by Gasteiger charge is -2.28. The van der Waals surface area contributed by atoms with Crippen molar-refractivity contribution in [2.24, 2.45) is 0 Å². The minimum absolute atomic E-state index is 0.0273. The van der Waals surface area contributed by atoms with Gasteiger partial charge in [-0.1, -0.05) is 189 Å². The topological polar surface area (TPSA) is 50.9 Å². The second-order valence-electron chi connectivity index (χ2n) is 23.2. The number of phenols is 1. The van der Waals surface area contributed by atoms with Gasteiger partial charge in [-0.15, -0.1) is 0 Å². The number of nitrogens with zero attached hydrogens (tertiary/aromatic N) is 3. The van der Waals surface area contributed by atoms with Gasteiger partial charge in [-0.3, -0.25) is 9.55 Å². The van der Waals surface area contributed by atoms with Crippen LogP contribution in [0.15, 0.2) is 140 Å². The number of benzene rings is 6. The number of imidazole rings is 1. The van der Waals surface area contributed by atoms with Crippen molar-refractivity contribution in [3.63, 3.8) is 0 Å². The van der Waals surface area contributed by atoms with Gasteiger partial charge in [-0.25, -0.2) is 4.98 Å². The Bertz CT molecular complexity index is 3330. The lowest BCUT2D eigenvalue weighted by atomic mass is 9.78. The summed E-state index contributed by atoms with van der Waals surface area (Å²) < 4.78 is 38.4. The van der Waals surface area contributed by atoms with Crippen molar-refractivity contribution in [2.45, 2.75) is 137 Å². The monoisotopic (exact) mass is 890 g/mol. The van der Waals surface area contributed by atoms with Crippen LogP contribution in [0.1, 0.15) is 144 Å². The third kappa shape index (κ3) is 9.38. The first-order valence-corrected chi connectivity index (χ1v) is 23.9. The molecule has 0 saturated heterocycles. The number of hydrogen-bond acceptors (Lipinski definition) is 3. The molecule has 0 atom stereocenters. The van der Waals surface area contributed by atoms with Crippen LogP contribution in [0.2, 0.25) is 0 Å². The van der Waals surface area contributed by atoms with E-state index < -0.39 is 5.41 Å². The molecule has 0 aliphatic carbocycles. The van der Waals surface area contributed by atoms with Gasteiger partial charge in [0, 0.05) is 28.5 Å². The molecule has 0 amide bonds. The first-order valence-electron chi connectivity index (χ1n) is 25.9. The van der Waals surface area contributed by atoms with Gasteiger partial charge in [0.15, 0.2) is 0 Å². The summed E-state index contributed by atoms with van der Waals surface area (Å²) in [4.78, 5) is 10.6. The third-order valence-electron chi connectivity index (χ3n) is 13.5. The summed E-state index contributed by atoms with van der Waals surface area (Å²) in [6.07, 6.45) is 2.66. The van der Waals surface area contributed by atoms with Crippen molar-refractivity contribution in [3.05, 3.63) is 167 Å². The van der Waals surface area contributed by atoms with E-state index in [0.717, 1.165) is 67.6 Å². The van der Waals surface area contributed by atoms with Crippen LogP contribution in [0.25, 0.3) is 72.7 Å². The highest BCUT2D eigenvalue weighted by Crippen LogP contribution is 2.46. The first kappa shape index (κ1) is 42.1. The highest BCUT2D eigenvalue weighted by Gasteiger charge is 2.30. The largest absolute Gasteiger partial charge is 0.507 e. The van der Waals surface area contributed by atoms with Crippen molar-refractivity contribution in [1.82, 2.24) is 14.5 Å². The minimum Gasteiger partial charge on any atom is -0.507 e. The van der Waals surface area contributed by atoms with Crippen LogP contribution >= 0.6 is 0 Å². The molecule has 0 fully saturated rings. The minimum atomic E-state index is -0.572. The summed E-state index contributed by atoms with van der Waals surface area (Å²) in [6.45, 7) is 32.2. The van der Waals surface area contributed by atoms with Crippen LogP contribution in [-0.4, -0.2) is 19.6 Å². The number of para-hydroxylation sites is 1. The molecule has 1 N–H and O–H groups in total. The van der Waals surface area contributed by atoms with Gasteiger partial charge < -0.3 is 5.11 Å². The highest BCUT2D eigenvalue weighted by atomic mass is 16.3. The number of aromatic nitrogens is 3. The zero-order valence-electron chi connectivity index (χ0n) is 46.5. The molecule has 0 spiro atoms. The van der Waals surface area contributed by atoms with Gasteiger partial charge in [-0.2, -0.15) is 0 Å². The maximum atomic E-state index is 12.6. The van der Waals surface area contributed by atoms with Crippen molar-refractivity contribution in [1.29, 1.82) is 0 Å². The van der Waals surface area contributed by atoms with Gasteiger partial charge in [0.05, 0.1) is 33.5 Å². The van der Waals surface area contributed by atoms with E-state index >= 15 is 0 Å². The van der Waals surface area contributed by atoms with E-state index in [-0.39, 0.29) is 57.1 Å². The number of rotatable bonds is 8. The van der Waals surface area contributed by atoms with E-state index in [1.165, 1.54) is 5.56 Å². The zero-order valence-corrected chi connectivity index (χ0v) is 42.5. The number of aromatic hydroxyl groups is 1. The van der Waals surface area contributed by atoms with E-state index in [9.17, 15) is 5.11 Å². The Kier molecular flexibility index (Phi) is 10.8. The Labute approximate surface area is 406 Å². The fourth-order valence-electron chi connectivity index (χ4n) is 8.71. The Morgan fingerprint density at radius 3 is 1.76 bits per heavy atom. The SMILES string of the molecule is [2H]c1c([2H])c(C(C)(C)C)c([2H])c([2H])c1-c1ccnc(-c2cc(-c3cccc4c3nc(-c3cc(C(C)(C)C)cc(C(C)(C)C)c3O)n4-c3ccc(C(C)(C)CC)cc3-c3ccccc3)cc(C(C)(C)C)c2)c1.